The van der Waals surface area contributed by atoms with Gasteiger partial charge < -0.3 is 24.3 Å². The molecule has 0 bridgehead atoms. The van der Waals surface area contributed by atoms with Crippen LogP contribution in [0.25, 0.3) is 16.9 Å². The monoisotopic (exact) mass is 487 g/mol. The summed E-state index contributed by atoms with van der Waals surface area (Å²) in [7, 11) is 4.76. The first-order valence-corrected chi connectivity index (χ1v) is 11.5. The van der Waals surface area contributed by atoms with Gasteiger partial charge in [-0.05, 0) is 48.9 Å². The van der Waals surface area contributed by atoms with Crippen LogP contribution >= 0.6 is 0 Å². The van der Waals surface area contributed by atoms with Crippen LogP contribution in [0.3, 0.4) is 0 Å². The molecule has 1 heterocycles. The number of nitrogens with one attached hydrogen (secondary N) is 1. The topological polar surface area (TPSA) is 83.8 Å². The lowest BCUT2D eigenvalue weighted by molar-refractivity contribution is 0.0951. The molecule has 186 valence electrons. The lowest BCUT2D eigenvalue weighted by Crippen LogP contribution is -2.23. The van der Waals surface area contributed by atoms with Gasteiger partial charge in [-0.15, -0.1) is 0 Å². The number of rotatable bonds is 10. The van der Waals surface area contributed by atoms with Crippen molar-refractivity contribution in [1.82, 2.24) is 15.1 Å². The molecular formula is C28H29N3O5. The Labute approximate surface area is 210 Å². The van der Waals surface area contributed by atoms with Crippen LogP contribution in [0.15, 0.2) is 72.9 Å². The molecule has 4 rings (SSSR count). The Bertz CT molecular complexity index is 1330. The molecule has 0 fully saturated rings. The van der Waals surface area contributed by atoms with Crippen LogP contribution in [0.2, 0.25) is 0 Å². The highest BCUT2D eigenvalue weighted by molar-refractivity contribution is 6.00. The Balaban J connectivity index is 1.67. The van der Waals surface area contributed by atoms with Gasteiger partial charge in [0, 0.05) is 24.4 Å². The summed E-state index contributed by atoms with van der Waals surface area (Å²) in [6.07, 6.45) is 1.72. The zero-order chi connectivity index (χ0) is 25.5. The molecule has 8 nitrogen and oxygen atoms in total. The molecule has 0 saturated carbocycles. The number of benzene rings is 3. The van der Waals surface area contributed by atoms with Gasteiger partial charge in [0.05, 0.1) is 39.2 Å². The lowest BCUT2D eigenvalue weighted by atomic mass is 10.1. The van der Waals surface area contributed by atoms with Gasteiger partial charge in [-0.1, -0.05) is 24.3 Å². The first kappa shape index (κ1) is 24.7. The maximum Gasteiger partial charge on any atom is 0.255 e. The van der Waals surface area contributed by atoms with E-state index in [1.165, 1.54) is 0 Å². The Morgan fingerprint density at radius 1 is 0.889 bits per heavy atom. The molecule has 8 heteroatoms. The van der Waals surface area contributed by atoms with Crippen molar-refractivity contribution in [3.05, 3.63) is 84.1 Å². The predicted octanol–water partition coefficient (Wildman–Crippen LogP) is 4.89. The highest BCUT2D eigenvalue weighted by atomic mass is 16.5. The zero-order valence-corrected chi connectivity index (χ0v) is 20.8. The van der Waals surface area contributed by atoms with E-state index in [-0.39, 0.29) is 5.91 Å². The third kappa shape index (κ3) is 5.27. The number of hydrogen-bond donors (Lipinski definition) is 1. The Hall–Kier alpha value is -4.46. The van der Waals surface area contributed by atoms with Crippen LogP contribution in [-0.4, -0.2) is 43.6 Å². The van der Waals surface area contributed by atoms with Crippen molar-refractivity contribution < 1.29 is 23.7 Å². The van der Waals surface area contributed by atoms with Crippen molar-refractivity contribution in [2.45, 2.75) is 13.5 Å². The summed E-state index contributed by atoms with van der Waals surface area (Å²) in [4.78, 5) is 13.4. The molecule has 0 aliphatic carbocycles. The van der Waals surface area contributed by atoms with E-state index >= 15 is 0 Å². The summed E-state index contributed by atoms with van der Waals surface area (Å²) < 4.78 is 23.6. The maximum atomic E-state index is 13.4. The Kier molecular flexibility index (Phi) is 7.75. The van der Waals surface area contributed by atoms with E-state index < -0.39 is 0 Å². The molecule has 1 N–H and O–H groups in total. The van der Waals surface area contributed by atoms with Gasteiger partial charge in [0.1, 0.15) is 17.2 Å². The average molecular weight is 488 g/mol. The number of hydrogen-bond acceptors (Lipinski definition) is 6. The van der Waals surface area contributed by atoms with Crippen molar-refractivity contribution in [1.29, 1.82) is 0 Å². The van der Waals surface area contributed by atoms with Crippen LogP contribution in [0.5, 0.6) is 23.0 Å². The summed E-state index contributed by atoms with van der Waals surface area (Å²) in [6.45, 7) is 2.76. The fraction of sp³-hybridized carbons (Fsp3) is 0.214. The van der Waals surface area contributed by atoms with E-state index in [0.717, 1.165) is 11.3 Å². The number of carbonyl (C=O) groups is 1. The van der Waals surface area contributed by atoms with Crippen molar-refractivity contribution in [3.63, 3.8) is 0 Å². The molecule has 0 aliphatic heterocycles. The number of carbonyl (C=O) groups excluding carboxylic acids is 1. The van der Waals surface area contributed by atoms with Gasteiger partial charge in [-0.3, -0.25) is 4.79 Å². The lowest BCUT2D eigenvalue weighted by Gasteiger charge is -2.12. The standard InChI is InChI=1S/C28H29N3O5/c1-5-36-24-14-11-19(15-26(24)35-4)17-29-28(32)23-18-31(20-9-7-6-8-10-20)30-27(23)22-13-12-21(33-2)16-25(22)34-3/h6-16,18H,5,17H2,1-4H3,(H,29,32). The minimum atomic E-state index is -0.266. The number of amides is 1. The summed E-state index contributed by atoms with van der Waals surface area (Å²) in [5, 5.41) is 7.75. The summed E-state index contributed by atoms with van der Waals surface area (Å²) in [5.41, 5.74) is 3.31. The Morgan fingerprint density at radius 3 is 2.36 bits per heavy atom. The van der Waals surface area contributed by atoms with Crippen molar-refractivity contribution in [3.8, 4) is 39.9 Å². The van der Waals surface area contributed by atoms with Gasteiger partial charge in [0.2, 0.25) is 0 Å². The zero-order valence-electron chi connectivity index (χ0n) is 20.8. The number of para-hydroxylation sites is 1. The fourth-order valence-corrected chi connectivity index (χ4v) is 3.82. The third-order valence-electron chi connectivity index (χ3n) is 5.62. The highest BCUT2D eigenvalue weighted by Crippen LogP contribution is 2.35. The minimum Gasteiger partial charge on any atom is -0.497 e. The molecule has 3 aromatic carbocycles. The van der Waals surface area contributed by atoms with E-state index in [0.29, 0.717) is 53.0 Å². The molecule has 4 aromatic rings. The van der Waals surface area contributed by atoms with Gasteiger partial charge in [-0.25, -0.2) is 4.68 Å². The average Bonchev–Trinajstić information content (AvgIpc) is 3.38. The maximum absolute atomic E-state index is 13.4. The van der Waals surface area contributed by atoms with Crippen LogP contribution in [0.1, 0.15) is 22.8 Å². The normalized spacial score (nSPS) is 10.6. The molecule has 0 radical (unpaired) electrons. The Morgan fingerprint density at radius 2 is 1.67 bits per heavy atom. The molecule has 0 spiro atoms. The second-order valence-corrected chi connectivity index (χ2v) is 7.84. The fourth-order valence-electron chi connectivity index (χ4n) is 3.82. The molecule has 1 aromatic heterocycles. The molecule has 0 saturated heterocycles. The van der Waals surface area contributed by atoms with Gasteiger partial charge >= 0.3 is 0 Å². The van der Waals surface area contributed by atoms with E-state index in [4.69, 9.17) is 24.0 Å². The smallest absolute Gasteiger partial charge is 0.255 e. The summed E-state index contributed by atoms with van der Waals surface area (Å²) in [6, 6.07) is 20.6. The summed E-state index contributed by atoms with van der Waals surface area (Å²) in [5.74, 6) is 2.21. The molecule has 0 atom stereocenters. The van der Waals surface area contributed by atoms with Crippen LogP contribution < -0.4 is 24.3 Å². The number of methoxy groups -OCH3 is 3. The van der Waals surface area contributed by atoms with Crippen LogP contribution in [0.4, 0.5) is 0 Å². The van der Waals surface area contributed by atoms with Gasteiger partial charge in [0.25, 0.3) is 5.91 Å². The van der Waals surface area contributed by atoms with Crippen molar-refractivity contribution >= 4 is 5.91 Å². The van der Waals surface area contributed by atoms with E-state index in [1.54, 1.807) is 38.3 Å². The molecular weight excluding hydrogens is 458 g/mol. The molecule has 36 heavy (non-hydrogen) atoms. The highest BCUT2D eigenvalue weighted by Gasteiger charge is 2.22. The van der Waals surface area contributed by atoms with Crippen molar-refractivity contribution in [2.24, 2.45) is 0 Å². The van der Waals surface area contributed by atoms with Crippen LogP contribution in [-0.2, 0) is 6.54 Å². The minimum absolute atomic E-state index is 0.266. The second kappa shape index (κ2) is 11.3. The van der Waals surface area contributed by atoms with Crippen LogP contribution in [0, 0.1) is 0 Å². The van der Waals surface area contributed by atoms with E-state index in [1.807, 2.05) is 67.6 Å². The van der Waals surface area contributed by atoms with E-state index in [9.17, 15) is 4.79 Å². The number of ether oxygens (including phenoxy) is 4. The number of nitrogens with zero attached hydrogens (tertiary/aromatic N) is 2. The van der Waals surface area contributed by atoms with Crippen molar-refractivity contribution in [2.75, 3.05) is 27.9 Å². The molecule has 0 unspecified atom stereocenters. The number of aromatic nitrogens is 2. The molecule has 0 aliphatic rings. The largest absolute Gasteiger partial charge is 0.497 e. The predicted molar refractivity (Wildman–Crippen MR) is 137 cm³/mol. The van der Waals surface area contributed by atoms with E-state index in [2.05, 4.69) is 5.32 Å². The SMILES string of the molecule is CCOc1ccc(CNC(=O)c2cn(-c3ccccc3)nc2-c2ccc(OC)cc2OC)cc1OC. The van der Waals surface area contributed by atoms with Gasteiger partial charge in [-0.2, -0.15) is 5.10 Å². The second-order valence-electron chi connectivity index (χ2n) is 7.84. The third-order valence-corrected chi connectivity index (χ3v) is 5.62. The quantitative estimate of drug-likeness (QED) is 0.343. The first-order chi connectivity index (χ1) is 17.6. The van der Waals surface area contributed by atoms with Gasteiger partial charge in [0.15, 0.2) is 11.5 Å². The molecule has 1 amide bonds. The summed E-state index contributed by atoms with van der Waals surface area (Å²) >= 11 is 0. The first-order valence-electron chi connectivity index (χ1n) is 11.5.